The van der Waals surface area contributed by atoms with Crippen LogP contribution in [0.2, 0.25) is 0 Å². The van der Waals surface area contributed by atoms with E-state index in [2.05, 4.69) is 22.5 Å². The highest BCUT2D eigenvalue weighted by Gasteiger charge is 2.24. The van der Waals surface area contributed by atoms with E-state index in [0.29, 0.717) is 6.04 Å². The third-order valence-corrected chi connectivity index (χ3v) is 3.23. The van der Waals surface area contributed by atoms with Crippen molar-refractivity contribution in [3.8, 4) is 0 Å². The van der Waals surface area contributed by atoms with E-state index in [0.717, 1.165) is 6.04 Å². The molecule has 0 amide bonds. The van der Waals surface area contributed by atoms with Crippen LogP contribution in [0, 0.1) is 0 Å². The average molecular weight is 183 g/mol. The van der Waals surface area contributed by atoms with Crippen molar-refractivity contribution in [3.05, 3.63) is 0 Å². The second-order valence-corrected chi connectivity index (χ2v) is 4.33. The van der Waals surface area contributed by atoms with E-state index in [4.69, 9.17) is 0 Å². The number of piperidine rings is 1. The first kappa shape index (κ1) is 9.44. The van der Waals surface area contributed by atoms with E-state index in [1.54, 1.807) is 0 Å². The molecule has 2 aliphatic heterocycles. The molecule has 1 unspecified atom stereocenters. The molecule has 2 rings (SSSR count). The molecule has 76 valence electrons. The maximum absolute atomic E-state index is 3.49. The Balaban J connectivity index is 1.83. The summed E-state index contributed by atoms with van der Waals surface area (Å²) in [5.41, 5.74) is 0. The summed E-state index contributed by atoms with van der Waals surface area (Å²) in [4.78, 5) is 2.67. The molecule has 0 aromatic heterocycles. The van der Waals surface area contributed by atoms with Gasteiger partial charge in [0.05, 0.1) is 0 Å². The molecule has 0 bridgehead atoms. The number of nitrogens with one attached hydrogen (secondary N) is 2. The molecule has 0 aliphatic carbocycles. The summed E-state index contributed by atoms with van der Waals surface area (Å²) in [6.07, 6.45) is 2.68. The van der Waals surface area contributed by atoms with Crippen molar-refractivity contribution >= 4 is 0 Å². The van der Waals surface area contributed by atoms with Crippen LogP contribution in [0.1, 0.15) is 19.8 Å². The van der Waals surface area contributed by atoms with Crippen molar-refractivity contribution in [2.75, 3.05) is 32.7 Å². The lowest BCUT2D eigenvalue weighted by molar-refractivity contribution is 0.124. The van der Waals surface area contributed by atoms with Gasteiger partial charge in [-0.2, -0.15) is 0 Å². The van der Waals surface area contributed by atoms with Gasteiger partial charge in [-0.3, -0.25) is 4.90 Å². The van der Waals surface area contributed by atoms with Crippen LogP contribution >= 0.6 is 0 Å². The Kier molecular flexibility index (Phi) is 3.19. The predicted octanol–water partition coefficient (Wildman–Crippen LogP) is 0.0321. The van der Waals surface area contributed by atoms with Crippen molar-refractivity contribution in [2.45, 2.75) is 31.8 Å². The molecular weight excluding hydrogens is 162 g/mol. The Morgan fingerprint density at radius 1 is 1.15 bits per heavy atom. The van der Waals surface area contributed by atoms with Gasteiger partial charge in [0.1, 0.15) is 0 Å². The number of hydrogen-bond donors (Lipinski definition) is 2. The predicted molar refractivity (Wildman–Crippen MR) is 54.9 cm³/mol. The van der Waals surface area contributed by atoms with E-state index in [1.165, 1.54) is 45.6 Å². The molecule has 2 fully saturated rings. The Hall–Kier alpha value is -0.120. The van der Waals surface area contributed by atoms with Crippen LogP contribution in [0.3, 0.4) is 0 Å². The van der Waals surface area contributed by atoms with Crippen LogP contribution in [0.15, 0.2) is 0 Å². The van der Waals surface area contributed by atoms with E-state index >= 15 is 0 Å². The van der Waals surface area contributed by atoms with Gasteiger partial charge in [0, 0.05) is 31.7 Å². The normalized spacial score (nSPS) is 33.5. The lowest BCUT2D eigenvalue weighted by atomic mass is 10.0. The summed E-state index contributed by atoms with van der Waals surface area (Å²) >= 11 is 0. The smallest absolute Gasteiger partial charge is 0.0167 e. The fraction of sp³-hybridized carbons (Fsp3) is 1.00. The van der Waals surface area contributed by atoms with Gasteiger partial charge in [-0.15, -0.1) is 0 Å². The quantitative estimate of drug-likeness (QED) is 0.601. The summed E-state index contributed by atoms with van der Waals surface area (Å²) in [5, 5.41) is 6.92. The highest BCUT2D eigenvalue weighted by atomic mass is 15.2. The molecule has 0 saturated carbocycles. The van der Waals surface area contributed by atoms with E-state index < -0.39 is 0 Å². The van der Waals surface area contributed by atoms with Gasteiger partial charge in [0.2, 0.25) is 0 Å². The Bertz CT molecular complexity index is 154. The van der Waals surface area contributed by atoms with E-state index in [1.807, 2.05) is 0 Å². The largest absolute Gasteiger partial charge is 0.317 e. The fourth-order valence-electron chi connectivity index (χ4n) is 2.47. The van der Waals surface area contributed by atoms with Crippen molar-refractivity contribution in [2.24, 2.45) is 0 Å². The molecule has 2 N–H and O–H groups in total. The minimum atomic E-state index is 0.684. The number of nitrogens with zero attached hydrogens (tertiary/aromatic N) is 1. The summed E-state index contributed by atoms with van der Waals surface area (Å²) in [5.74, 6) is 0. The average Bonchev–Trinajstić information content (AvgIpc) is 2.19. The number of piperazine rings is 1. The highest BCUT2D eigenvalue weighted by Crippen LogP contribution is 2.13. The van der Waals surface area contributed by atoms with Gasteiger partial charge in [-0.1, -0.05) is 0 Å². The zero-order chi connectivity index (χ0) is 9.10. The minimum absolute atomic E-state index is 0.684. The maximum atomic E-state index is 3.49. The monoisotopic (exact) mass is 183 g/mol. The van der Waals surface area contributed by atoms with Gasteiger partial charge in [-0.25, -0.2) is 0 Å². The second-order valence-electron chi connectivity index (χ2n) is 4.33. The van der Waals surface area contributed by atoms with Gasteiger partial charge in [0.15, 0.2) is 0 Å². The molecule has 2 saturated heterocycles. The van der Waals surface area contributed by atoms with Gasteiger partial charge >= 0.3 is 0 Å². The Morgan fingerprint density at radius 2 is 1.92 bits per heavy atom. The lowest BCUT2D eigenvalue weighted by Gasteiger charge is -2.39. The van der Waals surface area contributed by atoms with Gasteiger partial charge in [-0.05, 0) is 32.9 Å². The first-order valence-electron chi connectivity index (χ1n) is 5.54. The molecule has 1 atom stereocenters. The van der Waals surface area contributed by atoms with Crippen LogP contribution in [-0.4, -0.2) is 49.7 Å². The molecule has 2 aliphatic rings. The fourth-order valence-corrected chi connectivity index (χ4v) is 2.47. The van der Waals surface area contributed by atoms with Crippen LogP contribution in [0.4, 0.5) is 0 Å². The highest BCUT2D eigenvalue weighted by molar-refractivity contribution is 4.83. The summed E-state index contributed by atoms with van der Waals surface area (Å²) < 4.78 is 0. The summed E-state index contributed by atoms with van der Waals surface area (Å²) in [6.45, 7) is 8.37. The molecule has 0 aromatic rings. The molecule has 0 aromatic carbocycles. The third-order valence-electron chi connectivity index (χ3n) is 3.23. The van der Waals surface area contributed by atoms with Gasteiger partial charge in [0.25, 0.3) is 0 Å². The zero-order valence-electron chi connectivity index (χ0n) is 8.55. The van der Waals surface area contributed by atoms with E-state index in [9.17, 15) is 0 Å². The molecule has 13 heavy (non-hydrogen) atoms. The lowest BCUT2D eigenvalue weighted by Crippen LogP contribution is -2.54. The topological polar surface area (TPSA) is 27.3 Å². The van der Waals surface area contributed by atoms with Crippen LogP contribution in [-0.2, 0) is 0 Å². The summed E-state index contributed by atoms with van der Waals surface area (Å²) in [7, 11) is 0. The van der Waals surface area contributed by atoms with Crippen LogP contribution < -0.4 is 10.6 Å². The molecule has 2 heterocycles. The number of hydrogen-bond acceptors (Lipinski definition) is 3. The Labute approximate surface area is 80.9 Å². The molecule has 0 spiro atoms. The minimum Gasteiger partial charge on any atom is -0.317 e. The second kappa shape index (κ2) is 4.40. The molecule has 3 heteroatoms. The van der Waals surface area contributed by atoms with Crippen LogP contribution in [0.25, 0.3) is 0 Å². The first-order chi connectivity index (χ1) is 6.36. The van der Waals surface area contributed by atoms with Crippen LogP contribution in [0.5, 0.6) is 0 Å². The SMILES string of the molecule is CC1CN(C2CCNCC2)CCN1. The first-order valence-corrected chi connectivity index (χ1v) is 5.54. The molecular formula is C10H21N3. The van der Waals surface area contributed by atoms with Crippen molar-refractivity contribution in [3.63, 3.8) is 0 Å². The van der Waals surface area contributed by atoms with E-state index in [-0.39, 0.29) is 0 Å². The summed E-state index contributed by atoms with van der Waals surface area (Å²) in [6, 6.07) is 1.54. The Morgan fingerprint density at radius 3 is 2.62 bits per heavy atom. The standard InChI is InChI=1S/C10H21N3/c1-9-8-13(7-6-12-9)10-2-4-11-5-3-10/h9-12H,2-8H2,1H3. The maximum Gasteiger partial charge on any atom is 0.0167 e. The zero-order valence-corrected chi connectivity index (χ0v) is 8.55. The number of rotatable bonds is 1. The van der Waals surface area contributed by atoms with Crippen molar-refractivity contribution in [1.29, 1.82) is 0 Å². The van der Waals surface area contributed by atoms with Crippen molar-refractivity contribution in [1.82, 2.24) is 15.5 Å². The third kappa shape index (κ3) is 2.42. The van der Waals surface area contributed by atoms with Gasteiger partial charge < -0.3 is 10.6 Å². The van der Waals surface area contributed by atoms with Crippen molar-refractivity contribution < 1.29 is 0 Å². The molecule has 3 nitrogen and oxygen atoms in total. The molecule has 0 radical (unpaired) electrons.